The van der Waals surface area contributed by atoms with Gasteiger partial charge in [0.05, 0.1) is 0 Å². The van der Waals surface area contributed by atoms with Crippen LogP contribution >= 0.6 is 25.3 Å². The van der Waals surface area contributed by atoms with Gasteiger partial charge in [0, 0.05) is 6.42 Å². The first-order valence-corrected chi connectivity index (χ1v) is 6.18. The van der Waals surface area contributed by atoms with Crippen LogP contribution in [-0.2, 0) is 4.79 Å². The second-order valence-electron chi connectivity index (χ2n) is 3.34. The Hall–Kier alpha value is 0.370. The second kappa shape index (κ2) is 10.5. The van der Waals surface area contributed by atoms with Gasteiger partial charge in [0.15, 0.2) is 5.12 Å². The van der Waals surface area contributed by atoms with Gasteiger partial charge in [-0.2, -0.15) is 12.6 Å². The molecule has 0 amide bonds. The number of carbonyl (C=O) groups is 1. The van der Waals surface area contributed by atoms with E-state index in [9.17, 15) is 4.79 Å². The third-order valence-corrected chi connectivity index (χ3v) is 2.59. The summed E-state index contributed by atoms with van der Waals surface area (Å²) < 4.78 is 0. The highest BCUT2D eigenvalue weighted by molar-refractivity contribution is 7.96. The van der Waals surface area contributed by atoms with E-state index in [1.54, 1.807) is 0 Å². The highest BCUT2D eigenvalue weighted by Crippen LogP contribution is 2.09. The quantitative estimate of drug-likeness (QED) is 0.449. The Morgan fingerprint density at radius 1 is 0.846 bits per heavy atom. The van der Waals surface area contributed by atoms with Crippen molar-refractivity contribution in [3.8, 4) is 0 Å². The number of unbranched alkanes of at least 4 members (excludes halogenated alkanes) is 6. The first kappa shape index (κ1) is 13.4. The summed E-state index contributed by atoms with van der Waals surface area (Å²) in [6.07, 6.45) is 9.23. The van der Waals surface area contributed by atoms with Crippen molar-refractivity contribution in [2.24, 2.45) is 0 Å². The largest absolute Gasteiger partial charge is 0.288 e. The lowest BCUT2D eigenvalue weighted by Crippen LogP contribution is -1.86. The maximum atomic E-state index is 10.5. The molecule has 0 aliphatic rings. The van der Waals surface area contributed by atoms with E-state index in [-0.39, 0.29) is 5.12 Å². The normalized spacial score (nSPS) is 10.3. The van der Waals surface area contributed by atoms with E-state index in [0.717, 1.165) is 12.2 Å². The van der Waals surface area contributed by atoms with Crippen LogP contribution in [0.3, 0.4) is 0 Å². The van der Waals surface area contributed by atoms with Gasteiger partial charge >= 0.3 is 0 Å². The van der Waals surface area contributed by atoms with Crippen LogP contribution in [0, 0.1) is 0 Å². The molecule has 0 saturated heterocycles. The zero-order valence-corrected chi connectivity index (χ0v) is 9.96. The van der Waals surface area contributed by atoms with Crippen LogP contribution in [0.1, 0.15) is 51.4 Å². The first-order valence-electron chi connectivity index (χ1n) is 5.10. The van der Waals surface area contributed by atoms with Crippen molar-refractivity contribution in [1.82, 2.24) is 0 Å². The van der Waals surface area contributed by atoms with Crippen LogP contribution in [0.2, 0.25) is 0 Å². The number of hydrogen-bond donors (Lipinski definition) is 2. The third kappa shape index (κ3) is 12.4. The van der Waals surface area contributed by atoms with Crippen molar-refractivity contribution in [1.29, 1.82) is 0 Å². The predicted molar refractivity (Wildman–Crippen MR) is 64.8 cm³/mol. The average molecular weight is 220 g/mol. The Labute approximate surface area is 92.5 Å². The molecule has 0 aromatic heterocycles. The molecule has 0 unspecified atom stereocenters. The SMILES string of the molecule is O=C(S)CCCCCCCCCS. The lowest BCUT2D eigenvalue weighted by atomic mass is 10.1. The molecule has 0 atom stereocenters. The lowest BCUT2D eigenvalue weighted by Gasteiger charge is -1.99. The Kier molecular flexibility index (Phi) is 10.7. The molecule has 1 nitrogen and oxygen atoms in total. The minimum absolute atomic E-state index is 0.0232. The highest BCUT2D eigenvalue weighted by Gasteiger charge is 1.94. The maximum Gasteiger partial charge on any atom is 0.185 e. The van der Waals surface area contributed by atoms with Gasteiger partial charge in [-0.25, -0.2) is 0 Å². The van der Waals surface area contributed by atoms with E-state index < -0.39 is 0 Å². The standard InChI is InChI=1S/C10H20OS2/c11-10(13)8-6-4-2-1-3-5-7-9-12/h12H,1-9H2,(H,11,13). The van der Waals surface area contributed by atoms with E-state index in [2.05, 4.69) is 25.3 Å². The molecule has 0 saturated carbocycles. The van der Waals surface area contributed by atoms with Gasteiger partial charge < -0.3 is 0 Å². The molecule has 0 bridgehead atoms. The molecule has 0 N–H and O–H groups in total. The molecule has 0 spiro atoms. The van der Waals surface area contributed by atoms with Gasteiger partial charge in [0.1, 0.15) is 0 Å². The Morgan fingerprint density at radius 3 is 1.77 bits per heavy atom. The van der Waals surface area contributed by atoms with Crippen molar-refractivity contribution >= 4 is 30.4 Å². The Bertz CT molecular complexity index is 126. The Morgan fingerprint density at radius 2 is 1.31 bits per heavy atom. The predicted octanol–water partition coefficient (Wildman–Crippen LogP) is 3.49. The monoisotopic (exact) mass is 220 g/mol. The zero-order chi connectivity index (χ0) is 9.94. The molecule has 0 aromatic rings. The molecule has 0 aromatic carbocycles. The maximum absolute atomic E-state index is 10.5. The summed E-state index contributed by atoms with van der Waals surface area (Å²) in [5.74, 6) is 1.01. The third-order valence-electron chi connectivity index (χ3n) is 2.05. The fourth-order valence-electron chi connectivity index (χ4n) is 1.27. The first-order chi connectivity index (χ1) is 6.27. The van der Waals surface area contributed by atoms with Crippen LogP contribution in [0.5, 0.6) is 0 Å². The van der Waals surface area contributed by atoms with Crippen LogP contribution in [-0.4, -0.2) is 10.9 Å². The minimum atomic E-state index is 0.0232. The van der Waals surface area contributed by atoms with E-state index in [1.165, 1.54) is 38.5 Å². The second-order valence-corrected chi connectivity index (χ2v) is 4.29. The van der Waals surface area contributed by atoms with Gasteiger partial charge in [-0.15, -0.1) is 12.6 Å². The zero-order valence-electron chi connectivity index (χ0n) is 8.17. The van der Waals surface area contributed by atoms with E-state index >= 15 is 0 Å². The number of thiol groups is 2. The highest BCUT2D eigenvalue weighted by atomic mass is 32.1. The molecule has 78 valence electrons. The summed E-state index contributed by atoms with van der Waals surface area (Å²) in [7, 11) is 0. The van der Waals surface area contributed by atoms with E-state index in [0.29, 0.717) is 6.42 Å². The number of hydrogen-bond acceptors (Lipinski definition) is 2. The van der Waals surface area contributed by atoms with Crippen LogP contribution in [0.25, 0.3) is 0 Å². The smallest absolute Gasteiger partial charge is 0.185 e. The van der Waals surface area contributed by atoms with E-state index in [1.807, 2.05) is 0 Å². The van der Waals surface area contributed by atoms with Gasteiger partial charge in [-0.3, -0.25) is 4.79 Å². The number of carbonyl (C=O) groups excluding carboxylic acids is 1. The summed E-state index contributed by atoms with van der Waals surface area (Å²) >= 11 is 7.88. The molecular formula is C10H20OS2. The van der Waals surface area contributed by atoms with Gasteiger partial charge in [0.25, 0.3) is 0 Å². The van der Waals surface area contributed by atoms with Crippen molar-refractivity contribution in [2.45, 2.75) is 51.4 Å². The van der Waals surface area contributed by atoms with Crippen LogP contribution < -0.4 is 0 Å². The summed E-state index contributed by atoms with van der Waals surface area (Å²) in [5, 5.41) is 0.0232. The molecule has 3 heteroatoms. The molecular weight excluding hydrogens is 200 g/mol. The molecule has 0 aliphatic carbocycles. The summed E-state index contributed by atoms with van der Waals surface area (Å²) in [5.41, 5.74) is 0. The molecule has 13 heavy (non-hydrogen) atoms. The summed E-state index contributed by atoms with van der Waals surface area (Å²) in [6.45, 7) is 0. The molecule has 0 rings (SSSR count). The summed E-state index contributed by atoms with van der Waals surface area (Å²) in [4.78, 5) is 10.5. The van der Waals surface area contributed by atoms with E-state index in [4.69, 9.17) is 0 Å². The molecule has 0 fully saturated rings. The average Bonchev–Trinajstić information content (AvgIpc) is 2.09. The Balaban J connectivity index is 2.87. The molecule has 0 radical (unpaired) electrons. The topological polar surface area (TPSA) is 17.1 Å². The van der Waals surface area contributed by atoms with Gasteiger partial charge in [-0.1, -0.05) is 32.1 Å². The van der Waals surface area contributed by atoms with Crippen molar-refractivity contribution in [3.63, 3.8) is 0 Å². The van der Waals surface area contributed by atoms with Gasteiger partial charge in [-0.05, 0) is 18.6 Å². The fraction of sp³-hybridized carbons (Fsp3) is 0.900. The van der Waals surface area contributed by atoms with Crippen molar-refractivity contribution in [2.75, 3.05) is 5.75 Å². The molecule has 0 aliphatic heterocycles. The summed E-state index contributed by atoms with van der Waals surface area (Å²) in [6, 6.07) is 0. The fourth-order valence-corrected chi connectivity index (χ4v) is 1.65. The minimum Gasteiger partial charge on any atom is -0.288 e. The van der Waals surface area contributed by atoms with Crippen molar-refractivity contribution in [3.05, 3.63) is 0 Å². The van der Waals surface area contributed by atoms with Crippen LogP contribution in [0.4, 0.5) is 0 Å². The van der Waals surface area contributed by atoms with Crippen LogP contribution in [0.15, 0.2) is 0 Å². The molecule has 0 heterocycles. The van der Waals surface area contributed by atoms with Gasteiger partial charge in [0.2, 0.25) is 0 Å². The van der Waals surface area contributed by atoms with Crippen molar-refractivity contribution < 1.29 is 4.79 Å². The number of rotatable bonds is 9. The lowest BCUT2D eigenvalue weighted by molar-refractivity contribution is -0.110.